The van der Waals surface area contributed by atoms with Crippen LogP contribution in [0.3, 0.4) is 0 Å². The average molecular weight is 370 g/mol. The van der Waals surface area contributed by atoms with E-state index in [4.69, 9.17) is 0 Å². The highest BCUT2D eigenvalue weighted by atomic mass is 15.2. The molecule has 28 heavy (non-hydrogen) atoms. The number of benzene rings is 3. The first-order valence-corrected chi connectivity index (χ1v) is 10.6. The number of nitrogens with zero attached hydrogens (tertiary/aromatic N) is 1. The van der Waals surface area contributed by atoms with Crippen LogP contribution in [0.2, 0.25) is 0 Å². The summed E-state index contributed by atoms with van der Waals surface area (Å²) in [4.78, 5) is 2.72. The van der Waals surface area contributed by atoms with Crippen molar-refractivity contribution in [1.82, 2.24) is 4.90 Å². The van der Waals surface area contributed by atoms with Crippen LogP contribution >= 0.6 is 0 Å². The molecule has 0 saturated carbocycles. The Kier molecular flexibility index (Phi) is 5.37. The Balaban J connectivity index is 1.98. The second-order valence-electron chi connectivity index (χ2n) is 8.48. The normalized spacial score (nSPS) is 16.2. The molecule has 3 aromatic carbocycles. The molecule has 3 aromatic rings. The third-order valence-electron chi connectivity index (χ3n) is 6.39. The molecule has 0 radical (unpaired) electrons. The van der Waals surface area contributed by atoms with E-state index in [1.54, 1.807) is 0 Å². The van der Waals surface area contributed by atoms with Gasteiger partial charge in [0.1, 0.15) is 0 Å². The Bertz CT molecular complexity index is 840. The zero-order chi connectivity index (χ0) is 19.6. The Morgan fingerprint density at radius 2 is 1.07 bits per heavy atom. The monoisotopic (exact) mass is 369 g/mol. The summed E-state index contributed by atoms with van der Waals surface area (Å²) in [5.41, 5.74) is 6.45. The van der Waals surface area contributed by atoms with Crippen LogP contribution in [0.15, 0.2) is 78.9 Å². The largest absolute Gasteiger partial charge is 0.286 e. The van der Waals surface area contributed by atoms with Crippen LogP contribution in [-0.2, 0) is 5.54 Å². The van der Waals surface area contributed by atoms with Gasteiger partial charge in [0.05, 0.1) is 5.54 Å². The van der Waals surface area contributed by atoms with Gasteiger partial charge in [-0.2, -0.15) is 0 Å². The molecule has 1 aliphatic heterocycles. The van der Waals surface area contributed by atoms with Gasteiger partial charge in [0, 0.05) is 0 Å². The van der Waals surface area contributed by atoms with Crippen LogP contribution < -0.4 is 0 Å². The molecule has 1 heterocycles. The van der Waals surface area contributed by atoms with Crippen LogP contribution in [0.4, 0.5) is 0 Å². The highest BCUT2D eigenvalue weighted by Crippen LogP contribution is 2.44. The van der Waals surface area contributed by atoms with Crippen molar-refractivity contribution in [2.45, 2.75) is 39.2 Å². The Morgan fingerprint density at radius 1 is 0.643 bits per heavy atom. The molecule has 1 nitrogen and oxygen atoms in total. The lowest BCUT2D eigenvalue weighted by molar-refractivity contribution is 0.106. The van der Waals surface area contributed by atoms with Gasteiger partial charge in [-0.05, 0) is 62.4 Å². The minimum absolute atomic E-state index is 0.247. The fourth-order valence-corrected chi connectivity index (χ4v) is 4.66. The molecule has 0 N–H and O–H groups in total. The maximum absolute atomic E-state index is 2.72. The Morgan fingerprint density at radius 3 is 1.54 bits per heavy atom. The molecular weight excluding hydrogens is 338 g/mol. The fourth-order valence-electron chi connectivity index (χ4n) is 4.66. The van der Waals surface area contributed by atoms with Gasteiger partial charge < -0.3 is 0 Å². The van der Waals surface area contributed by atoms with Gasteiger partial charge >= 0.3 is 0 Å². The van der Waals surface area contributed by atoms with E-state index in [9.17, 15) is 0 Å². The summed E-state index contributed by atoms with van der Waals surface area (Å²) in [5.74, 6) is 0.806. The zero-order valence-corrected chi connectivity index (χ0v) is 17.4. The molecule has 1 fully saturated rings. The van der Waals surface area contributed by atoms with E-state index in [0.29, 0.717) is 0 Å². The third-order valence-corrected chi connectivity index (χ3v) is 6.39. The number of rotatable bonds is 4. The van der Waals surface area contributed by atoms with Crippen molar-refractivity contribution in [3.8, 4) is 0 Å². The van der Waals surface area contributed by atoms with Crippen molar-refractivity contribution in [1.29, 1.82) is 0 Å². The highest BCUT2D eigenvalue weighted by molar-refractivity contribution is 5.50. The quantitative estimate of drug-likeness (QED) is 0.486. The van der Waals surface area contributed by atoms with Crippen molar-refractivity contribution < 1.29 is 0 Å². The van der Waals surface area contributed by atoms with E-state index in [1.807, 2.05) is 0 Å². The molecule has 1 saturated heterocycles. The maximum atomic E-state index is 2.72. The van der Waals surface area contributed by atoms with Gasteiger partial charge in [-0.15, -0.1) is 0 Å². The topological polar surface area (TPSA) is 3.24 Å². The summed E-state index contributed by atoms with van der Waals surface area (Å²) in [6.45, 7) is 8.97. The minimum atomic E-state index is -0.247. The smallest absolute Gasteiger partial charge is 0.0972 e. The van der Waals surface area contributed by atoms with Gasteiger partial charge in [-0.1, -0.05) is 96.9 Å². The number of piperidine rings is 1. The first kappa shape index (κ1) is 19.0. The van der Waals surface area contributed by atoms with E-state index in [2.05, 4.69) is 105 Å². The number of aryl methyl sites for hydroxylation is 2. The summed E-state index contributed by atoms with van der Waals surface area (Å²) >= 11 is 0. The first-order chi connectivity index (χ1) is 13.6. The predicted molar refractivity (Wildman–Crippen MR) is 119 cm³/mol. The lowest BCUT2D eigenvalue weighted by Crippen LogP contribution is -2.51. The summed E-state index contributed by atoms with van der Waals surface area (Å²) in [6, 6.07) is 29.5. The lowest BCUT2D eigenvalue weighted by Gasteiger charge is -2.48. The van der Waals surface area contributed by atoms with E-state index in [1.165, 1.54) is 40.7 Å². The molecule has 144 valence electrons. The maximum Gasteiger partial charge on any atom is 0.0972 e. The van der Waals surface area contributed by atoms with E-state index < -0.39 is 0 Å². The Labute approximate surface area is 170 Å². The summed E-state index contributed by atoms with van der Waals surface area (Å²) in [7, 11) is 0. The van der Waals surface area contributed by atoms with Crippen LogP contribution in [0.25, 0.3) is 0 Å². The second kappa shape index (κ2) is 7.93. The molecule has 0 aliphatic carbocycles. The predicted octanol–water partition coefficient (Wildman–Crippen LogP) is 6.33. The van der Waals surface area contributed by atoms with Gasteiger partial charge in [0.25, 0.3) is 0 Å². The summed E-state index contributed by atoms with van der Waals surface area (Å²) < 4.78 is 0. The molecule has 0 amide bonds. The Hall–Kier alpha value is -2.38. The SMILES string of the molecule is Cc1ccc(C(c2ccccc2)(c2ccc(C)cc2)N2CCC(C)CC2)cc1. The van der Waals surface area contributed by atoms with Crippen LogP contribution in [0.5, 0.6) is 0 Å². The average Bonchev–Trinajstić information content (AvgIpc) is 2.73. The van der Waals surface area contributed by atoms with Gasteiger partial charge in [0.15, 0.2) is 0 Å². The minimum Gasteiger partial charge on any atom is -0.286 e. The van der Waals surface area contributed by atoms with E-state index >= 15 is 0 Å². The van der Waals surface area contributed by atoms with Crippen molar-refractivity contribution in [3.63, 3.8) is 0 Å². The first-order valence-electron chi connectivity index (χ1n) is 10.6. The van der Waals surface area contributed by atoms with E-state index in [-0.39, 0.29) is 5.54 Å². The molecule has 0 atom stereocenters. The van der Waals surface area contributed by atoms with Crippen LogP contribution in [-0.4, -0.2) is 18.0 Å². The molecule has 0 bridgehead atoms. The fraction of sp³-hybridized carbons (Fsp3) is 0.333. The molecule has 0 unspecified atom stereocenters. The molecular formula is C27H31N. The van der Waals surface area contributed by atoms with Gasteiger partial charge in [-0.25, -0.2) is 0 Å². The molecule has 4 rings (SSSR count). The van der Waals surface area contributed by atoms with Gasteiger partial charge in [0.2, 0.25) is 0 Å². The summed E-state index contributed by atoms with van der Waals surface area (Å²) in [5, 5.41) is 0. The van der Waals surface area contributed by atoms with Gasteiger partial charge in [-0.3, -0.25) is 4.90 Å². The number of hydrogen-bond donors (Lipinski definition) is 0. The molecule has 0 aromatic heterocycles. The van der Waals surface area contributed by atoms with Crippen molar-refractivity contribution in [2.24, 2.45) is 5.92 Å². The van der Waals surface area contributed by atoms with Crippen molar-refractivity contribution >= 4 is 0 Å². The standard InChI is InChI=1S/C27H31N/c1-21-9-13-25(14-10-21)27(24-7-5-4-6-8-24,26-15-11-22(2)12-16-26)28-19-17-23(3)18-20-28/h4-16,23H,17-20H2,1-3H3. The molecule has 1 heteroatoms. The highest BCUT2D eigenvalue weighted by Gasteiger charge is 2.42. The zero-order valence-electron chi connectivity index (χ0n) is 17.4. The number of likely N-dealkylation sites (tertiary alicyclic amines) is 1. The molecule has 1 aliphatic rings. The number of hydrogen-bond acceptors (Lipinski definition) is 1. The third kappa shape index (κ3) is 3.40. The molecule has 0 spiro atoms. The van der Waals surface area contributed by atoms with E-state index in [0.717, 1.165) is 19.0 Å². The second-order valence-corrected chi connectivity index (χ2v) is 8.48. The van der Waals surface area contributed by atoms with Crippen molar-refractivity contribution in [2.75, 3.05) is 13.1 Å². The lowest BCUT2D eigenvalue weighted by atomic mass is 9.74. The van der Waals surface area contributed by atoms with Crippen LogP contribution in [0, 0.1) is 19.8 Å². The van der Waals surface area contributed by atoms with Crippen molar-refractivity contribution in [3.05, 3.63) is 107 Å². The summed E-state index contributed by atoms with van der Waals surface area (Å²) in [6.07, 6.45) is 2.51. The van der Waals surface area contributed by atoms with Crippen LogP contribution in [0.1, 0.15) is 47.6 Å².